The minimum Gasteiger partial charge on any atom is -0.491 e. The lowest BCUT2D eigenvalue weighted by Gasteiger charge is -2.32. The lowest BCUT2D eigenvalue weighted by atomic mass is 9.79. The number of rotatable bonds is 14. The van der Waals surface area contributed by atoms with Gasteiger partial charge in [-0.15, -0.1) is 0 Å². The number of aliphatic hydroxyl groups excluding tert-OH is 1. The van der Waals surface area contributed by atoms with Crippen LogP contribution in [0.1, 0.15) is 64.4 Å². The van der Waals surface area contributed by atoms with Crippen LogP contribution < -0.4 is 4.74 Å². The smallest absolute Gasteiger partial charge is 0.333 e. The fourth-order valence-electron chi connectivity index (χ4n) is 4.08. The molecular formula is C26H40O5. The van der Waals surface area contributed by atoms with E-state index in [1.54, 1.807) is 6.92 Å². The Hall–Kier alpha value is -1.85. The van der Waals surface area contributed by atoms with Crippen LogP contribution in [0.25, 0.3) is 0 Å². The number of unbranched alkanes of at least 4 members (excludes halogenated alkanes) is 2. The highest BCUT2D eigenvalue weighted by atomic mass is 16.5. The molecule has 1 unspecified atom stereocenters. The van der Waals surface area contributed by atoms with E-state index in [-0.39, 0.29) is 31.2 Å². The van der Waals surface area contributed by atoms with Crippen LogP contribution in [0.15, 0.2) is 36.4 Å². The molecule has 1 aliphatic rings. The molecule has 0 saturated heterocycles. The summed E-state index contributed by atoms with van der Waals surface area (Å²) in [4.78, 5) is 11.6. The van der Waals surface area contributed by atoms with Crippen LogP contribution in [0.4, 0.5) is 0 Å². The van der Waals surface area contributed by atoms with E-state index in [0.717, 1.165) is 37.9 Å². The van der Waals surface area contributed by atoms with Crippen molar-refractivity contribution in [2.24, 2.45) is 11.8 Å². The predicted octanol–water partition coefficient (Wildman–Crippen LogP) is 5.10. The lowest BCUT2D eigenvalue weighted by Crippen LogP contribution is -2.31. The van der Waals surface area contributed by atoms with Crippen LogP contribution in [-0.4, -0.2) is 43.6 Å². The molecule has 5 heteroatoms. The Morgan fingerprint density at radius 3 is 2.45 bits per heavy atom. The Morgan fingerprint density at radius 2 is 1.84 bits per heavy atom. The Bertz CT molecular complexity index is 646. The summed E-state index contributed by atoms with van der Waals surface area (Å²) in [6, 6.07) is 8.39. The molecule has 1 aliphatic carbocycles. The van der Waals surface area contributed by atoms with Gasteiger partial charge < -0.3 is 19.3 Å². The van der Waals surface area contributed by atoms with E-state index in [1.165, 1.54) is 24.8 Å². The van der Waals surface area contributed by atoms with Gasteiger partial charge in [-0.25, -0.2) is 4.79 Å². The Balaban J connectivity index is 1.60. The molecule has 1 N–H and O–H groups in total. The largest absolute Gasteiger partial charge is 0.491 e. The van der Waals surface area contributed by atoms with Crippen molar-refractivity contribution in [1.29, 1.82) is 0 Å². The highest BCUT2D eigenvalue weighted by Crippen LogP contribution is 2.32. The average molecular weight is 433 g/mol. The van der Waals surface area contributed by atoms with Crippen molar-refractivity contribution in [3.8, 4) is 5.75 Å². The third-order valence-electron chi connectivity index (χ3n) is 6.09. The number of esters is 1. The van der Waals surface area contributed by atoms with E-state index < -0.39 is 0 Å². The van der Waals surface area contributed by atoms with E-state index in [2.05, 4.69) is 25.6 Å². The molecule has 1 atom stereocenters. The fraction of sp³-hybridized carbons (Fsp3) is 0.654. The van der Waals surface area contributed by atoms with E-state index >= 15 is 0 Å². The van der Waals surface area contributed by atoms with Gasteiger partial charge in [0.25, 0.3) is 0 Å². The monoisotopic (exact) mass is 432 g/mol. The Morgan fingerprint density at radius 1 is 1.13 bits per heavy atom. The van der Waals surface area contributed by atoms with Crippen molar-refractivity contribution in [2.45, 2.75) is 71.3 Å². The maximum Gasteiger partial charge on any atom is 0.333 e. The second-order valence-electron chi connectivity index (χ2n) is 8.68. The van der Waals surface area contributed by atoms with Gasteiger partial charge in [0.2, 0.25) is 0 Å². The second-order valence-corrected chi connectivity index (χ2v) is 8.68. The summed E-state index contributed by atoms with van der Waals surface area (Å²) >= 11 is 0. The van der Waals surface area contributed by atoms with E-state index in [1.807, 2.05) is 12.1 Å². The molecule has 31 heavy (non-hydrogen) atoms. The first-order chi connectivity index (χ1) is 15.0. The van der Waals surface area contributed by atoms with Gasteiger partial charge in [0.15, 0.2) is 0 Å². The summed E-state index contributed by atoms with van der Waals surface area (Å²) < 4.78 is 17.1. The Labute approximate surface area is 187 Å². The molecule has 0 radical (unpaired) electrons. The summed E-state index contributed by atoms with van der Waals surface area (Å²) in [7, 11) is 0. The zero-order valence-corrected chi connectivity index (χ0v) is 19.3. The number of ether oxygens (including phenoxy) is 3. The standard InChI is InChI=1S/C26H40O5/c1-4-5-6-7-21-8-12-24(13-9-21)29-16-17-30-25-14-10-22(11-15-25)23(18-27)19-31-26(28)20(2)3/h8-9,12-13,22-23,25,27H,2,4-7,10-11,14-19H2,1,3H3. The van der Waals surface area contributed by atoms with E-state index in [4.69, 9.17) is 14.2 Å². The van der Waals surface area contributed by atoms with Crippen LogP contribution in [0, 0.1) is 11.8 Å². The molecule has 1 aromatic carbocycles. The quantitative estimate of drug-likeness (QED) is 0.252. The first kappa shape index (κ1) is 25.4. The summed E-state index contributed by atoms with van der Waals surface area (Å²) in [6.07, 6.45) is 9.00. The number of hydrogen-bond donors (Lipinski definition) is 1. The molecular weight excluding hydrogens is 392 g/mol. The maximum absolute atomic E-state index is 11.6. The van der Waals surface area contributed by atoms with Crippen molar-refractivity contribution in [3.63, 3.8) is 0 Å². The molecule has 1 fully saturated rings. The summed E-state index contributed by atoms with van der Waals surface area (Å²) in [5.41, 5.74) is 1.75. The summed E-state index contributed by atoms with van der Waals surface area (Å²) in [6.45, 7) is 8.85. The molecule has 0 spiro atoms. The highest BCUT2D eigenvalue weighted by Gasteiger charge is 2.28. The van der Waals surface area contributed by atoms with Gasteiger partial charge >= 0.3 is 5.97 Å². The molecule has 0 bridgehead atoms. The molecule has 5 nitrogen and oxygen atoms in total. The third kappa shape index (κ3) is 9.44. The predicted molar refractivity (Wildman–Crippen MR) is 123 cm³/mol. The summed E-state index contributed by atoms with van der Waals surface area (Å²) in [5, 5.41) is 9.69. The van der Waals surface area contributed by atoms with Crippen molar-refractivity contribution >= 4 is 5.97 Å². The van der Waals surface area contributed by atoms with Crippen LogP contribution in [0.5, 0.6) is 5.75 Å². The number of aliphatic hydroxyl groups is 1. The van der Waals surface area contributed by atoms with Crippen molar-refractivity contribution < 1.29 is 24.1 Å². The molecule has 1 aromatic rings. The normalized spacial score (nSPS) is 19.6. The lowest BCUT2D eigenvalue weighted by molar-refractivity contribution is -0.141. The maximum atomic E-state index is 11.6. The average Bonchev–Trinajstić information content (AvgIpc) is 2.79. The van der Waals surface area contributed by atoms with Gasteiger partial charge in [-0.05, 0) is 69.1 Å². The highest BCUT2D eigenvalue weighted by molar-refractivity contribution is 5.86. The molecule has 0 heterocycles. The van der Waals surface area contributed by atoms with Gasteiger partial charge in [0.1, 0.15) is 12.4 Å². The topological polar surface area (TPSA) is 65.0 Å². The number of aryl methyl sites for hydroxylation is 1. The van der Waals surface area contributed by atoms with Gasteiger partial charge in [0.05, 0.1) is 19.3 Å². The first-order valence-corrected chi connectivity index (χ1v) is 11.8. The molecule has 1 saturated carbocycles. The van der Waals surface area contributed by atoms with Crippen LogP contribution in [0.3, 0.4) is 0 Å². The zero-order valence-electron chi connectivity index (χ0n) is 19.3. The third-order valence-corrected chi connectivity index (χ3v) is 6.09. The van der Waals surface area contributed by atoms with Crippen molar-refractivity contribution in [2.75, 3.05) is 26.4 Å². The number of carbonyl (C=O) groups is 1. The van der Waals surface area contributed by atoms with Crippen LogP contribution >= 0.6 is 0 Å². The Kier molecular flexibility index (Phi) is 11.7. The van der Waals surface area contributed by atoms with Gasteiger partial charge in [-0.1, -0.05) is 38.5 Å². The van der Waals surface area contributed by atoms with Crippen LogP contribution in [0.2, 0.25) is 0 Å². The minimum absolute atomic E-state index is 0.0162. The van der Waals surface area contributed by atoms with Crippen molar-refractivity contribution in [1.82, 2.24) is 0 Å². The fourth-order valence-corrected chi connectivity index (χ4v) is 4.08. The van der Waals surface area contributed by atoms with Gasteiger partial charge in [0, 0.05) is 18.1 Å². The molecule has 0 aliphatic heterocycles. The minimum atomic E-state index is -0.387. The molecule has 2 rings (SSSR count). The molecule has 0 aromatic heterocycles. The van der Waals surface area contributed by atoms with Gasteiger partial charge in [-0.2, -0.15) is 0 Å². The molecule has 174 valence electrons. The van der Waals surface area contributed by atoms with E-state index in [0.29, 0.717) is 24.7 Å². The van der Waals surface area contributed by atoms with Gasteiger partial charge in [-0.3, -0.25) is 0 Å². The van der Waals surface area contributed by atoms with E-state index in [9.17, 15) is 9.90 Å². The number of carbonyl (C=O) groups excluding carboxylic acids is 1. The zero-order chi connectivity index (χ0) is 22.5. The van der Waals surface area contributed by atoms with Crippen molar-refractivity contribution in [3.05, 3.63) is 42.0 Å². The summed E-state index contributed by atoms with van der Waals surface area (Å²) in [5.74, 6) is 0.843. The number of hydrogen-bond acceptors (Lipinski definition) is 5. The van der Waals surface area contributed by atoms with Crippen LogP contribution in [-0.2, 0) is 20.7 Å². The second kappa shape index (κ2) is 14.3. The number of benzene rings is 1. The SMILES string of the molecule is C=C(C)C(=O)OCC(CO)C1CCC(OCCOc2ccc(CCCCC)cc2)CC1. The first-order valence-electron chi connectivity index (χ1n) is 11.8. The molecule has 0 amide bonds.